The van der Waals surface area contributed by atoms with Crippen LogP contribution in [0, 0.1) is 11.3 Å². The summed E-state index contributed by atoms with van der Waals surface area (Å²) in [7, 11) is -3.20. The van der Waals surface area contributed by atoms with Crippen LogP contribution in [-0.2, 0) is 14.8 Å². The average Bonchev–Trinajstić information content (AvgIpc) is 2.89. The number of hydrogen-bond acceptors (Lipinski definition) is 9. The largest absolute Gasteiger partial charge is 0.470 e. The summed E-state index contributed by atoms with van der Waals surface area (Å²) in [5, 5.41) is 23.0. The number of sulfonamides is 1. The molecule has 2 saturated heterocycles. The molecule has 0 saturated carbocycles. The Bertz CT molecular complexity index is 870. The summed E-state index contributed by atoms with van der Waals surface area (Å²) in [4.78, 5) is 8.53. The fourth-order valence-electron chi connectivity index (χ4n) is 3.52. The smallest absolute Gasteiger partial charge is 0.236 e. The van der Waals surface area contributed by atoms with Crippen LogP contribution in [-0.4, -0.2) is 78.1 Å². The van der Waals surface area contributed by atoms with E-state index in [-0.39, 0.29) is 24.1 Å². The van der Waals surface area contributed by atoms with Crippen molar-refractivity contribution >= 4 is 16.0 Å². The van der Waals surface area contributed by atoms with Gasteiger partial charge in [0, 0.05) is 25.6 Å². The van der Waals surface area contributed by atoms with Crippen molar-refractivity contribution in [1.29, 1.82) is 5.26 Å². The highest BCUT2D eigenvalue weighted by atomic mass is 32.2. The highest BCUT2D eigenvalue weighted by Gasteiger charge is 2.38. The monoisotopic (exact) mass is 425 g/mol. The van der Waals surface area contributed by atoms with Crippen molar-refractivity contribution in [2.24, 2.45) is 0 Å². The Balaban J connectivity index is 1.71. The highest BCUT2D eigenvalue weighted by molar-refractivity contribution is 7.88. The summed E-state index contributed by atoms with van der Waals surface area (Å²) in [5.41, 5.74) is -0.998. The van der Waals surface area contributed by atoms with Gasteiger partial charge in [-0.1, -0.05) is 0 Å². The molecule has 0 aromatic carbocycles. The van der Waals surface area contributed by atoms with Gasteiger partial charge in [0.15, 0.2) is 0 Å². The molecule has 1 aromatic rings. The molecule has 0 amide bonds. The van der Waals surface area contributed by atoms with Gasteiger partial charge >= 0.3 is 0 Å². The third-order valence-corrected chi connectivity index (χ3v) is 6.53. The fraction of sp³-hybridized carbons (Fsp3) is 0.722. The van der Waals surface area contributed by atoms with Gasteiger partial charge in [-0.2, -0.15) is 10.2 Å². The van der Waals surface area contributed by atoms with Crippen molar-refractivity contribution in [1.82, 2.24) is 14.3 Å². The van der Waals surface area contributed by atoms with E-state index in [9.17, 15) is 18.8 Å². The Morgan fingerprint density at radius 2 is 2.21 bits per heavy atom. The molecule has 2 N–H and O–H groups in total. The summed E-state index contributed by atoms with van der Waals surface area (Å²) < 4.78 is 36.2. The van der Waals surface area contributed by atoms with Crippen molar-refractivity contribution in [3.8, 4) is 11.9 Å². The van der Waals surface area contributed by atoms with E-state index >= 15 is 0 Å². The van der Waals surface area contributed by atoms with E-state index in [0.29, 0.717) is 38.5 Å². The third-order valence-electron chi connectivity index (χ3n) is 5.23. The molecule has 160 valence electrons. The van der Waals surface area contributed by atoms with Crippen LogP contribution in [0.25, 0.3) is 0 Å². The van der Waals surface area contributed by atoms with Gasteiger partial charge in [-0.3, -0.25) is 0 Å². The summed E-state index contributed by atoms with van der Waals surface area (Å²) in [6.07, 6.45) is 4.68. The third kappa shape index (κ3) is 5.54. The van der Waals surface area contributed by atoms with Gasteiger partial charge in [0.2, 0.25) is 21.9 Å². The van der Waals surface area contributed by atoms with Gasteiger partial charge in [-0.15, -0.1) is 0 Å². The van der Waals surface area contributed by atoms with E-state index in [2.05, 4.69) is 15.3 Å². The number of hydrogen-bond donors (Lipinski definition) is 2. The Morgan fingerprint density at radius 3 is 2.90 bits per heavy atom. The minimum Gasteiger partial charge on any atom is -0.470 e. The minimum atomic E-state index is -3.20. The van der Waals surface area contributed by atoms with Crippen LogP contribution in [0.4, 0.5) is 5.95 Å². The van der Waals surface area contributed by atoms with Crippen LogP contribution in [0.5, 0.6) is 5.88 Å². The standard InChI is InChI=1S/C18H27N5O5S/c1-18(24)12-27-9-6-15(18)28-16-13(10-19)11-20-17(22-16)21-14-4-3-7-23(8-5-14)29(2,25)26/h11,14-15,24H,3-9,12H2,1-2H3,(H,20,21,22)/t14?,15-,18+/m0/s1. The first kappa shape index (κ1) is 21.7. The van der Waals surface area contributed by atoms with Gasteiger partial charge in [0.25, 0.3) is 0 Å². The van der Waals surface area contributed by atoms with E-state index in [4.69, 9.17) is 9.47 Å². The first-order chi connectivity index (χ1) is 13.7. The molecule has 0 aliphatic carbocycles. The van der Waals surface area contributed by atoms with Crippen molar-refractivity contribution in [2.45, 2.75) is 50.4 Å². The quantitative estimate of drug-likeness (QED) is 0.690. The molecule has 0 bridgehead atoms. The second-order valence-electron chi connectivity index (χ2n) is 7.76. The topological polar surface area (TPSA) is 138 Å². The molecule has 3 atom stereocenters. The molecular formula is C18H27N5O5S. The minimum absolute atomic E-state index is 0.00808. The van der Waals surface area contributed by atoms with Crippen LogP contribution < -0.4 is 10.1 Å². The molecule has 1 aromatic heterocycles. The molecule has 2 fully saturated rings. The number of nitrogens with zero attached hydrogens (tertiary/aromatic N) is 4. The molecule has 3 rings (SSSR count). The fourth-order valence-corrected chi connectivity index (χ4v) is 4.42. The second-order valence-corrected chi connectivity index (χ2v) is 9.75. The molecule has 3 heterocycles. The van der Waals surface area contributed by atoms with Crippen LogP contribution in [0.2, 0.25) is 0 Å². The summed E-state index contributed by atoms with van der Waals surface area (Å²) in [5.74, 6) is 0.423. The summed E-state index contributed by atoms with van der Waals surface area (Å²) in [6, 6.07) is 2.02. The van der Waals surface area contributed by atoms with Crippen molar-refractivity contribution in [3.63, 3.8) is 0 Å². The number of rotatable bonds is 5. The van der Waals surface area contributed by atoms with Crippen LogP contribution in [0.3, 0.4) is 0 Å². The Morgan fingerprint density at radius 1 is 1.41 bits per heavy atom. The predicted octanol–water partition coefficient (Wildman–Crippen LogP) is 0.493. The Kier molecular flexibility index (Phi) is 6.58. The molecule has 2 aliphatic rings. The number of anilines is 1. The van der Waals surface area contributed by atoms with E-state index < -0.39 is 21.7 Å². The van der Waals surface area contributed by atoms with Crippen LogP contribution in [0.1, 0.15) is 38.2 Å². The maximum atomic E-state index is 11.8. The Labute approximate surface area is 170 Å². The number of ether oxygens (including phenoxy) is 2. The second kappa shape index (κ2) is 8.79. The molecule has 0 radical (unpaired) electrons. The molecule has 0 spiro atoms. The van der Waals surface area contributed by atoms with E-state index in [1.165, 1.54) is 16.8 Å². The van der Waals surface area contributed by atoms with Gasteiger partial charge in [-0.05, 0) is 26.2 Å². The maximum Gasteiger partial charge on any atom is 0.236 e. The zero-order chi connectivity index (χ0) is 21.1. The highest BCUT2D eigenvalue weighted by Crippen LogP contribution is 2.27. The molecule has 10 nitrogen and oxygen atoms in total. The lowest BCUT2D eigenvalue weighted by molar-refractivity contribution is -0.139. The van der Waals surface area contributed by atoms with Gasteiger partial charge < -0.3 is 19.9 Å². The zero-order valence-electron chi connectivity index (χ0n) is 16.7. The van der Waals surface area contributed by atoms with E-state index in [1.807, 2.05) is 6.07 Å². The van der Waals surface area contributed by atoms with Gasteiger partial charge in [0.1, 0.15) is 23.3 Å². The SMILES string of the molecule is C[C@@]1(O)COCC[C@@H]1Oc1nc(NC2CCCN(S(C)(=O)=O)CC2)ncc1C#N. The normalized spacial score (nSPS) is 28.9. The lowest BCUT2D eigenvalue weighted by atomic mass is 9.95. The van der Waals surface area contributed by atoms with Crippen LogP contribution in [0.15, 0.2) is 6.20 Å². The van der Waals surface area contributed by atoms with Crippen molar-refractivity contribution in [3.05, 3.63) is 11.8 Å². The Hall–Kier alpha value is -2.00. The lowest BCUT2D eigenvalue weighted by Crippen LogP contribution is -2.51. The summed E-state index contributed by atoms with van der Waals surface area (Å²) >= 11 is 0. The molecule has 29 heavy (non-hydrogen) atoms. The van der Waals surface area contributed by atoms with Gasteiger partial charge in [-0.25, -0.2) is 17.7 Å². The molecular weight excluding hydrogens is 398 g/mol. The van der Waals surface area contributed by atoms with E-state index in [1.54, 1.807) is 6.92 Å². The predicted molar refractivity (Wildman–Crippen MR) is 105 cm³/mol. The van der Waals surface area contributed by atoms with Gasteiger partial charge in [0.05, 0.1) is 25.7 Å². The number of nitrogens with one attached hydrogen (secondary N) is 1. The lowest BCUT2D eigenvalue weighted by Gasteiger charge is -2.36. The average molecular weight is 426 g/mol. The number of nitriles is 1. The van der Waals surface area contributed by atoms with Crippen molar-refractivity contribution < 1.29 is 23.0 Å². The van der Waals surface area contributed by atoms with Crippen molar-refractivity contribution in [2.75, 3.05) is 37.9 Å². The molecule has 1 unspecified atom stereocenters. The molecule has 11 heteroatoms. The maximum absolute atomic E-state index is 11.8. The first-order valence-corrected chi connectivity index (χ1v) is 11.5. The molecule has 2 aliphatic heterocycles. The van der Waals surface area contributed by atoms with Crippen LogP contribution >= 0.6 is 0 Å². The zero-order valence-corrected chi connectivity index (χ0v) is 17.5. The van der Waals surface area contributed by atoms with E-state index in [0.717, 1.165) is 12.8 Å². The number of aromatic nitrogens is 2. The first-order valence-electron chi connectivity index (χ1n) is 9.64. The summed E-state index contributed by atoms with van der Waals surface area (Å²) in [6.45, 7) is 3.16. The number of aliphatic hydroxyl groups is 1.